The second-order valence-electron chi connectivity index (χ2n) is 5.51. The largest absolute Gasteiger partial charge is 0.497 e. The summed E-state index contributed by atoms with van der Waals surface area (Å²) in [6, 6.07) is 7.93. The molecule has 1 aromatic heterocycles. The molecule has 0 saturated carbocycles. The third kappa shape index (κ3) is 2.87. The van der Waals surface area contributed by atoms with E-state index in [9.17, 15) is 0 Å². The highest BCUT2D eigenvalue weighted by atomic mass is 32.1. The first-order chi connectivity index (χ1) is 10.2. The van der Waals surface area contributed by atoms with Gasteiger partial charge in [-0.05, 0) is 36.5 Å². The van der Waals surface area contributed by atoms with E-state index >= 15 is 0 Å². The molecule has 2 aromatic rings. The summed E-state index contributed by atoms with van der Waals surface area (Å²) >= 11 is 5.52. The second-order valence-corrected chi connectivity index (χ2v) is 5.87. The number of quaternary nitrogens is 1. The van der Waals surface area contributed by atoms with Crippen molar-refractivity contribution in [2.45, 2.75) is 19.5 Å². The summed E-state index contributed by atoms with van der Waals surface area (Å²) < 4.78 is 9.91. The molecule has 0 bridgehead atoms. The summed E-state index contributed by atoms with van der Waals surface area (Å²) in [5.74, 6) is 1.75. The summed E-state index contributed by atoms with van der Waals surface area (Å²) in [7, 11) is 3.65. The summed E-state index contributed by atoms with van der Waals surface area (Å²) in [5, 5.41) is 4.71. The molecule has 1 aliphatic rings. The third-order valence-electron chi connectivity index (χ3n) is 4.07. The molecule has 2 heterocycles. The van der Waals surface area contributed by atoms with E-state index in [1.165, 1.54) is 25.9 Å². The van der Waals surface area contributed by atoms with Crippen LogP contribution in [0.3, 0.4) is 0 Å². The minimum Gasteiger partial charge on any atom is -0.497 e. The highest BCUT2D eigenvalue weighted by Gasteiger charge is 2.18. The van der Waals surface area contributed by atoms with Crippen LogP contribution in [-0.2, 0) is 13.7 Å². The van der Waals surface area contributed by atoms with Crippen LogP contribution in [0.15, 0.2) is 24.3 Å². The quantitative estimate of drug-likeness (QED) is 0.864. The highest BCUT2D eigenvalue weighted by molar-refractivity contribution is 7.71. The van der Waals surface area contributed by atoms with Crippen molar-refractivity contribution in [2.24, 2.45) is 7.05 Å². The summed E-state index contributed by atoms with van der Waals surface area (Å²) in [6.07, 6.45) is 2.61. The average molecular weight is 305 g/mol. The predicted molar refractivity (Wildman–Crippen MR) is 84.0 cm³/mol. The van der Waals surface area contributed by atoms with Crippen LogP contribution in [0.4, 0.5) is 0 Å². The van der Waals surface area contributed by atoms with Crippen LogP contribution in [0.2, 0.25) is 0 Å². The van der Waals surface area contributed by atoms with E-state index in [0.717, 1.165) is 28.6 Å². The zero-order valence-corrected chi connectivity index (χ0v) is 13.3. The van der Waals surface area contributed by atoms with Crippen LogP contribution in [0, 0.1) is 4.77 Å². The molecule has 0 amide bonds. The monoisotopic (exact) mass is 305 g/mol. The van der Waals surface area contributed by atoms with Gasteiger partial charge in [-0.2, -0.15) is 4.68 Å². The summed E-state index contributed by atoms with van der Waals surface area (Å²) in [5.41, 5.74) is 1.06. The number of likely N-dealkylation sites (tertiary alicyclic amines) is 1. The molecule has 1 aromatic carbocycles. The SMILES string of the molecule is COc1ccc(-c2nn(C[NH+]3CCCC3)c(=S)n2C)cc1. The Balaban J connectivity index is 1.89. The number of ether oxygens (including phenoxy) is 1. The summed E-state index contributed by atoms with van der Waals surface area (Å²) in [6.45, 7) is 3.30. The molecular weight excluding hydrogens is 284 g/mol. The Kier molecular flexibility index (Phi) is 4.07. The van der Waals surface area contributed by atoms with Crippen LogP contribution >= 0.6 is 12.2 Å². The molecule has 1 aliphatic heterocycles. The highest BCUT2D eigenvalue weighted by Crippen LogP contribution is 2.20. The fourth-order valence-corrected chi connectivity index (χ4v) is 3.02. The van der Waals surface area contributed by atoms with Gasteiger partial charge in [0, 0.05) is 25.5 Å². The number of nitrogens with zero attached hydrogens (tertiary/aromatic N) is 3. The first kappa shape index (κ1) is 14.3. The van der Waals surface area contributed by atoms with Crippen LogP contribution in [0.1, 0.15) is 12.8 Å². The van der Waals surface area contributed by atoms with Gasteiger partial charge < -0.3 is 14.2 Å². The molecular formula is C15H21N4OS+. The molecule has 0 spiro atoms. The maximum Gasteiger partial charge on any atom is 0.202 e. The fourth-order valence-electron chi connectivity index (χ4n) is 2.83. The van der Waals surface area contributed by atoms with Crippen molar-refractivity contribution in [1.29, 1.82) is 0 Å². The average Bonchev–Trinajstić information content (AvgIpc) is 3.11. The van der Waals surface area contributed by atoms with Crippen molar-refractivity contribution in [3.05, 3.63) is 29.0 Å². The predicted octanol–water partition coefficient (Wildman–Crippen LogP) is 1.26. The van der Waals surface area contributed by atoms with Gasteiger partial charge in [0.15, 0.2) is 12.5 Å². The summed E-state index contributed by atoms with van der Waals surface area (Å²) in [4.78, 5) is 1.56. The van der Waals surface area contributed by atoms with Crippen LogP contribution in [-0.4, -0.2) is 34.5 Å². The van der Waals surface area contributed by atoms with E-state index in [2.05, 4.69) is 0 Å². The number of hydrogen-bond donors (Lipinski definition) is 1. The van der Waals surface area contributed by atoms with Crippen LogP contribution in [0.25, 0.3) is 11.4 Å². The van der Waals surface area contributed by atoms with E-state index in [1.807, 2.05) is 40.6 Å². The lowest BCUT2D eigenvalue weighted by atomic mass is 10.2. The number of aromatic nitrogens is 3. The van der Waals surface area contributed by atoms with E-state index in [-0.39, 0.29) is 0 Å². The Labute approximate surface area is 129 Å². The fraction of sp³-hybridized carbons (Fsp3) is 0.467. The molecule has 3 rings (SSSR count). The minimum atomic E-state index is 0.778. The number of rotatable bonds is 4. The van der Waals surface area contributed by atoms with Crippen LogP contribution < -0.4 is 9.64 Å². The molecule has 1 fully saturated rings. The molecule has 0 unspecified atom stereocenters. The molecule has 21 heavy (non-hydrogen) atoms. The Morgan fingerprint density at radius 3 is 2.52 bits per heavy atom. The van der Waals surface area contributed by atoms with Crippen molar-refractivity contribution in [1.82, 2.24) is 14.3 Å². The van der Waals surface area contributed by atoms with Crippen molar-refractivity contribution >= 4 is 12.2 Å². The van der Waals surface area contributed by atoms with Gasteiger partial charge in [0.25, 0.3) is 0 Å². The van der Waals surface area contributed by atoms with Gasteiger partial charge in [-0.25, -0.2) is 0 Å². The van der Waals surface area contributed by atoms with E-state index in [0.29, 0.717) is 0 Å². The molecule has 6 heteroatoms. The van der Waals surface area contributed by atoms with E-state index in [4.69, 9.17) is 22.1 Å². The molecule has 0 radical (unpaired) electrons. The number of benzene rings is 1. The first-order valence-corrected chi connectivity index (χ1v) is 7.71. The topological polar surface area (TPSA) is 36.4 Å². The number of methoxy groups -OCH3 is 1. The van der Waals surface area contributed by atoms with Gasteiger partial charge in [0.2, 0.25) is 4.77 Å². The van der Waals surface area contributed by atoms with Gasteiger partial charge in [-0.1, -0.05) is 0 Å². The van der Waals surface area contributed by atoms with E-state index in [1.54, 1.807) is 12.0 Å². The third-order valence-corrected chi connectivity index (χ3v) is 4.56. The lowest BCUT2D eigenvalue weighted by Crippen LogP contribution is -3.09. The second kappa shape index (κ2) is 5.99. The normalized spacial score (nSPS) is 15.5. The molecule has 112 valence electrons. The van der Waals surface area contributed by atoms with Crippen molar-refractivity contribution in [2.75, 3.05) is 20.2 Å². The smallest absolute Gasteiger partial charge is 0.202 e. The Morgan fingerprint density at radius 2 is 1.90 bits per heavy atom. The molecule has 1 N–H and O–H groups in total. The van der Waals surface area contributed by atoms with Crippen molar-refractivity contribution in [3.8, 4) is 17.1 Å². The molecule has 0 atom stereocenters. The lowest BCUT2D eigenvalue weighted by molar-refractivity contribution is -0.911. The maximum atomic E-state index is 5.52. The van der Waals surface area contributed by atoms with Gasteiger partial charge in [-0.15, -0.1) is 5.10 Å². The van der Waals surface area contributed by atoms with Gasteiger partial charge >= 0.3 is 0 Å². The molecule has 5 nitrogen and oxygen atoms in total. The molecule has 0 aliphatic carbocycles. The Bertz CT molecular complexity index is 668. The number of nitrogens with one attached hydrogen (secondary N) is 1. The zero-order chi connectivity index (χ0) is 14.8. The van der Waals surface area contributed by atoms with Crippen molar-refractivity contribution < 1.29 is 9.64 Å². The minimum absolute atomic E-state index is 0.778. The standard InChI is InChI=1S/C15H20N4OS/c1-17-14(12-5-7-13(20-2)8-6-12)16-19(15(17)21)11-18-9-3-4-10-18/h5-8H,3-4,9-11H2,1-2H3/p+1. The Morgan fingerprint density at radius 1 is 1.24 bits per heavy atom. The van der Waals surface area contributed by atoms with Crippen molar-refractivity contribution in [3.63, 3.8) is 0 Å². The zero-order valence-electron chi connectivity index (χ0n) is 12.5. The first-order valence-electron chi connectivity index (χ1n) is 7.31. The van der Waals surface area contributed by atoms with Crippen LogP contribution in [0.5, 0.6) is 5.75 Å². The Hall–Kier alpha value is -1.66. The van der Waals surface area contributed by atoms with Gasteiger partial charge in [-0.3, -0.25) is 0 Å². The molecule has 1 saturated heterocycles. The van der Waals surface area contributed by atoms with E-state index < -0.39 is 0 Å². The van der Waals surface area contributed by atoms with Gasteiger partial charge in [0.1, 0.15) is 5.75 Å². The maximum absolute atomic E-state index is 5.52. The lowest BCUT2D eigenvalue weighted by Gasteiger charge is -2.10. The number of hydrogen-bond acceptors (Lipinski definition) is 3. The van der Waals surface area contributed by atoms with Gasteiger partial charge in [0.05, 0.1) is 20.2 Å².